The van der Waals surface area contributed by atoms with E-state index in [9.17, 15) is 0 Å². The Kier molecular flexibility index (Phi) is 3.79. The van der Waals surface area contributed by atoms with E-state index in [0.717, 1.165) is 18.8 Å². The molecule has 1 atom stereocenters. The average molecular weight is 211 g/mol. The average Bonchev–Trinajstić information content (AvgIpc) is 2.60. The zero-order valence-corrected chi connectivity index (χ0v) is 10.3. The van der Waals surface area contributed by atoms with E-state index in [2.05, 4.69) is 48.5 Å². The van der Waals surface area contributed by atoms with Gasteiger partial charge in [0.25, 0.3) is 0 Å². The molecule has 0 bridgehead atoms. The lowest BCUT2D eigenvalue weighted by molar-refractivity contribution is 0.332. The largest absolute Gasteiger partial charge is 0.311 e. The van der Waals surface area contributed by atoms with Crippen LogP contribution in [0.5, 0.6) is 0 Å². The molecule has 86 valence electrons. The van der Waals surface area contributed by atoms with Gasteiger partial charge in [0, 0.05) is 6.54 Å². The van der Waals surface area contributed by atoms with Gasteiger partial charge in [0.05, 0.1) is 6.04 Å². The first-order chi connectivity index (χ1) is 6.94. The Morgan fingerprint density at radius 1 is 1.40 bits per heavy atom. The second-order valence-corrected chi connectivity index (χ2v) is 5.08. The second-order valence-electron chi connectivity index (χ2n) is 5.08. The summed E-state index contributed by atoms with van der Waals surface area (Å²) < 4.78 is 1.88. The van der Waals surface area contributed by atoms with Crippen molar-refractivity contribution < 1.29 is 0 Å². The van der Waals surface area contributed by atoms with Crippen molar-refractivity contribution in [2.75, 3.05) is 7.05 Å². The van der Waals surface area contributed by atoms with Crippen LogP contribution in [0.1, 0.15) is 46.0 Å². The Hall–Kier alpha value is -0.970. The molecule has 1 rings (SSSR count). The standard InChI is InChI=1S/C10H21N5/c1-8(11-5)9-12-13-14-15(9)7-6-10(2,3)4/h8,11H,6-7H2,1-5H3. The van der Waals surface area contributed by atoms with Crippen molar-refractivity contribution in [2.24, 2.45) is 5.41 Å². The SMILES string of the molecule is CNC(C)c1nnnn1CCC(C)(C)C. The highest BCUT2D eigenvalue weighted by Crippen LogP contribution is 2.19. The molecule has 5 heteroatoms. The van der Waals surface area contributed by atoms with Crippen molar-refractivity contribution in [2.45, 2.75) is 46.7 Å². The maximum absolute atomic E-state index is 4.03. The Morgan fingerprint density at radius 2 is 2.07 bits per heavy atom. The molecule has 0 aliphatic rings. The number of aromatic nitrogens is 4. The molecular formula is C10H21N5. The predicted octanol–water partition coefficient (Wildman–Crippen LogP) is 1.39. The molecule has 0 spiro atoms. The first-order valence-electron chi connectivity index (χ1n) is 5.37. The zero-order chi connectivity index (χ0) is 11.5. The smallest absolute Gasteiger partial charge is 0.167 e. The van der Waals surface area contributed by atoms with Crippen LogP contribution in [-0.2, 0) is 6.54 Å². The Morgan fingerprint density at radius 3 is 2.60 bits per heavy atom. The molecule has 1 N–H and O–H groups in total. The third-order valence-electron chi connectivity index (χ3n) is 2.45. The van der Waals surface area contributed by atoms with Gasteiger partial charge < -0.3 is 5.32 Å². The predicted molar refractivity (Wildman–Crippen MR) is 59.4 cm³/mol. The topological polar surface area (TPSA) is 55.6 Å². The minimum atomic E-state index is 0.194. The van der Waals surface area contributed by atoms with E-state index >= 15 is 0 Å². The lowest BCUT2D eigenvalue weighted by Crippen LogP contribution is -2.20. The highest BCUT2D eigenvalue weighted by Gasteiger charge is 2.15. The van der Waals surface area contributed by atoms with E-state index in [4.69, 9.17) is 0 Å². The van der Waals surface area contributed by atoms with E-state index in [1.165, 1.54) is 0 Å². The van der Waals surface area contributed by atoms with Crippen LogP contribution >= 0.6 is 0 Å². The van der Waals surface area contributed by atoms with E-state index in [-0.39, 0.29) is 6.04 Å². The van der Waals surface area contributed by atoms with Gasteiger partial charge >= 0.3 is 0 Å². The maximum atomic E-state index is 4.03. The molecule has 5 nitrogen and oxygen atoms in total. The van der Waals surface area contributed by atoms with Gasteiger partial charge in [-0.25, -0.2) is 4.68 Å². The van der Waals surface area contributed by atoms with Crippen LogP contribution in [0.25, 0.3) is 0 Å². The molecular weight excluding hydrogens is 190 g/mol. The Balaban J connectivity index is 2.65. The summed E-state index contributed by atoms with van der Waals surface area (Å²) >= 11 is 0. The molecule has 1 aromatic heterocycles. The fourth-order valence-electron chi connectivity index (χ4n) is 1.25. The van der Waals surface area contributed by atoms with Crippen LogP contribution in [0.4, 0.5) is 0 Å². The molecule has 0 saturated heterocycles. The van der Waals surface area contributed by atoms with Crippen molar-refractivity contribution in [1.82, 2.24) is 25.5 Å². The van der Waals surface area contributed by atoms with Gasteiger partial charge in [-0.05, 0) is 36.2 Å². The lowest BCUT2D eigenvalue weighted by Gasteiger charge is -2.18. The van der Waals surface area contributed by atoms with Gasteiger partial charge in [-0.3, -0.25) is 0 Å². The van der Waals surface area contributed by atoms with Crippen LogP contribution in [0.3, 0.4) is 0 Å². The minimum Gasteiger partial charge on any atom is -0.311 e. The first-order valence-corrected chi connectivity index (χ1v) is 5.37. The van der Waals surface area contributed by atoms with Crippen molar-refractivity contribution >= 4 is 0 Å². The van der Waals surface area contributed by atoms with Gasteiger partial charge in [-0.15, -0.1) is 5.10 Å². The van der Waals surface area contributed by atoms with Gasteiger partial charge in [-0.1, -0.05) is 20.8 Å². The summed E-state index contributed by atoms with van der Waals surface area (Å²) in [6, 6.07) is 0.194. The third-order valence-corrected chi connectivity index (χ3v) is 2.45. The van der Waals surface area contributed by atoms with Crippen molar-refractivity contribution in [3.8, 4) is 0 Å². The highest BCUT2D eigenvalue weighted by atomic mass is 15.5. The summed E-state index contributed by atoms with van der Waals surface area (Å²) in [6.07, 6.45) is 1.07. The molecule has 1 unspecified atom stereocenters. The van der Waals surface area contributed by atoms with Gasteiger partial charge in [0.15, 0.2) is 5.82 Å². The van der Waals surface area contributed by atoms with Gasteiger partial charge in [0.2, 0.25) is 0 Å². The zero-order valence-electron chi connectivity index (χ0n) is 10.3. The van der Waals surface area contributed by atoms with E-state index in [1.807, 2.05) is 11.7 Å². The summed E-state index contributed by atoms with van der Waals surface area (Å²) in [6.45, 7) is 9.59. The molecule has 15 heavy (non-hydrogen) atoms. The first kappa shape index (κ1) is 12.1. The number of hydrogen-bond acceptors (Lipinski definition) is 4. The van der Waals surface area contributed by atoms with Gasteiger partial charge in [0.1, 0.15) is 0 Å². The Bertz CT molecular complexity index is 299. The fraction of sp³-hybridized carbons (Fsp3) is 0.900. The number of nitrogens with zero attached hydrogens (tertiary/aromatic N) is 4. The summed E-state index contributed by atoms with van der Waals surface area (Å²) in [4.78, 5) is 0. The molecule has 0 aliphatic carbocycles. The second kappa shape index (κ2) is 4.70. The normalized spacial score (nSPS) is 14.2. The molecule has 0 radical (unpaired) electrons. The number of aryl methyl sites for hydroxylation is 1. The summed E-state index contributed by atoms with van der Waals surface area (Å²) in [5.74, 6) is 0.904. The molecule has 0 aliphatic heterocycles. The van der Waals surface area contributed by atoms with Crippen molar-refractivity contribution in [3.63, 3.8) is 0 Å². The quantitative estimate of drug-likeness (QED) is 0.817. The molecule has 0 saturated carbocycles. The summed E-state index contributed by atoms with van der Waals surface area (Å²) in [7, 11) is 1.91. The Labute approximate surface area is 91.2 Å². The van der Waals surface area contributed by atoms with Crippen molar-refractivity contribution in [3.05, 3.63) is 5.82 Å². The summed E-state index contributed by atoms with van der Waals surface area (Å²) in [5, 5.41) is 14.9. The van der Waals surface area contributed by atoms with Gasteiger partial charge in [-0.2, -0.15) is 0 Å². The van der Waals surface area contributed by atoms with Crippen LogP contribution in [-0.4, -0.2) is 27.3 Å². The van der Waals surface area contributed by atoms with Crippen LogP contribution in [0.15, 0.2) is 0 Å². The number of hydrogen-bond donors (Lipinski definition) is 1. The highest BCUT2D eigenvalue weighted by molar-refractivity contribution is 4.88. The third kappa shape index (κ3) is 3.58. The maximum Gasteiger partial charge on any atom is 0.167 e. The van der Waals surface area contributed by atoms with E-state index in [1.54, 1.807) is 0 Å². The van der Waals surface area contributed by atoms with Crippen LogP contribution in [0, 0.1) is 5.41 Å². The molecule has 0 amide bonds. The number of nitrogens with one attached hydrogen (secondary N) is 1. The minimum absolute atomic E-state index is 0.194. The van der Waals surface area contributed by atoms with E-state index < -0.39 is 0 Å². The monoisotopic (exact) mass is 211 g/mol. The van der Waals surface area contributed by atoms with E-state index in [0.29, 0.717) is 5.41 Å². The lowest BCUT2D eigenvalue weighted by atomic mass is 9.92. The number of rotatable bonds is 4. The van der Waals surface area contributed by atoms with Crippen molar-refractivity contribution in [1.29, 1.82) is 0 Å². The fourth-order valence-corrected chi connectivity index (χ4v) is 1.25. The molecule has 1 heterocycles. The van der Waals surface area contributed by atoms with Crippen LogP contribution < -0.4 is 5.32 Å². The molecule has 0 aromatic carbocycles. The molecule has 0 fully saturated rings. The summed E-state index contributed by atoms with van der Waals surface area (Å²) in [5.41, 5.74) is 0.312. The van der Waals surface area contributed by atoms with Crippen LogP contribution in [0.2, 0.25) is 0 Å². The number of tetrazole rings is 1. The molecule has 1 aromatic rings.